The van der Waals surface area contributed by atoms with E-state index >= 15 is 0 Å². The highest BCUT2D eigenvalue weighted by Crippen LogP contribution is 2.35. The van der Waals surface area contributed by atoms with E-state index in [2.05, 4.69) is 25.5 Å². The lowest BCUT2D eigenvalue weighted by atomic mass is 10.1. The number of amides is 1. The Hall–Kier alpha value is -3.14. The third-order valence-corrected chi connectivity index (χ3v) is 6.64. The van der Waals surface area contributed by atoms with E-state index in [0.29, 0.717) is 17.9 Å². The lowest BCUT2D eigenvalue weighted by molar-refractivity contribution is -0.123. The second kappa shape index (κ2) is 8.09. The predicted molar refractivity (Wildman–Crippen MR) is 121 cm³/mol. The summed E-state index contributed by atoms with van der Waals surface area (Å²) in [6.07, 6.45) is 12.1. The Kier molecular flexibility index (Phi) is 4.94. The fourth-order valence-corrected chi connectivity index (χ4v) is 4.77. The van der Waals surface area contributed by atoms with Crippen LogP contribution in [0.1, 0.15) is 44.6 Å². The number of piperidine rings is 1. The zero-order valence-electron chi connectivity index (χ0n) is 18.1. The fraction of sp³-hybridized carbons (Fsp3) is 0.545. The summed E-state index contributed by atoms with van der Waals surface area (Å²) in [5.74, 6) is 2.07. The topological polar surface area (TPSA) is 104 Å². The third-order valence-electron chi connectivity index (χ3n) is 6.64. The van der Waals surface area contributed by atoms with Crippen molar-refractivity contribution in [1.82, 2.24) is 34.6 Å². The molecule has 1 saturated carbocycles. The van der Waals surface area contributed by atoms with Crippen LogP contribution < -0.4 is 20.9 Å². The molecule has 3 aliphatic rings. The van der Waals surface area contributed by atoms with Crippen LogP contribution in [0.2, 0.25) is 0 Å². The number of fused-ring (bicyclic) bond motifs is 1. The van der Waals surface area contributed by atoms with E-state index in [9.17, 15) is 4.79 Å². The average Bonchev–Trinajstić information content (AvgIpc) is 3.20. The summed E-state index contributed by atoms with van der Waals surface area (Å²) < 4.78 is 4.07. The highest BCUT2D eigenvalue weighted by Gasteiger charge is 2.34. The first-order chi connectivity index (χ1) is 15.7. The molecule has 1 amide bonds. The minimum atomic E-state index is -0.240. The van der Waals surface area contributed by atoms with Gasteiger partial charge in [-0.05, 0) is 57.2 Å². The van der Waals surface area contributed by atoms with Gasteiger partial charge in [0.1, 0.15) is 11.7 Å². The molecule has 3 aromatic rings. The molecular weight excluding hydrogens is 406 g/mol. The summed E-state index contributed by atoms with van der Waals surface area (Å²) >= 11 is 0. The van der Waals surface area contributed by atoms with Gasteiger partial charge in [-0.3, -0.25) is 9.20 Å². The molecule has 3 N–H and O–H groups in total. The molecule has 6 rings (SSSR count). The monoisotopic (exact) mass is 435 g/mol. The molecule has 1 aliphatic carbocycles. The van der Waals surface area contributed by atoms with E-state index in [1.54, 1.807) is 0 Å². The molecule has 2 atom stereocenters. The quantitative estimate of drug-likeness (QED) is 0.543. The summed E-state index contributed by atoms with van der Waals surface area (Å²) in [7, 11) is 0. The Morgan fingerprint density at radius 1 is 1.16 bits per heavy atom. The van der Waals surface area contributed by atoms with E-state index < -0.39 is 0 Å². The highest BCUT2D eigenvalue weighted by molar-refractivity contribution is 5.85. The first kappa shape index (κ1) is 19.5. The van der Waals surface area contributed by atoms with Crippen LogP contribution in [0.15, 0.2) is 30.9 Å². The van der Waals surface area contributed by atoms with Crippen LogP contribution in [0.3, 0.4) is 0 Å². The van der Waals surface area contributed by atoms with Crippen molar-refractivity contribution >= 4 is 29.3 Å². The molecule has 10 nitrogen and oxygen atoms in total. The number of nitrogens with one attached hydrogen (secondary N) is 3. The number of anilines is 3. The second-order valence-corrected chi connectivity index (χ2v) is 9.05. The van der Waals surface area contributed by atoms with Gasteiger partial charge >= 0.3 is 0 Å². The van der Waals surface area contributed by atoms with Gasteiger partial charge in [-0.15, -0.1) is 0 Å². The number of hydrogen-bond acceptors (Lipinski definition) is 7. The number of carbonyl (C=O) groups excluding carboxylic acids is 1. The van der Waals surface area contributed by atoms with Crippen molar-refractivity contribution in [3.63, 3.8) is 0 Å². The van der Waals surface area contributed by atoms with Gasteiger partial charge in [0.25, 0.3) is 0 Å². The van der Waals surface area contributed by atoms with E-state index in [1.807, 2.05) is 40.2 Å². The second-order valence-electron chi connectivity index (χ2n) is 9.05. The van der Waals surface area contributed by atoms with Crippen LogP contribution in [0.25, 0.3) is 5.65 Å². The molecule has 32 heavy (non-hydrogen) atoms. The van der Waals surface area contributed by atoms with Gasteiger partial charge < -0.3 is 25.4 Å². The number of aromatic nitrogens is 5. The molecule has 0 radical (unpaired) electrons. The van der Waals surface area contributed by atoms with Crippen molar-refractivity contribution in [3.8, 4) is 0 Å². The van der Waals surface area contributed by atoms with Crippen molar-refractivity contribution in [2.24, 2.45) is 0 Å². The largest absolute Gasteiger partial charge is 0.350 e. The first-order valence-electron chi connectivity index (χ1n) is 11.7. The minimum absolute atomic E-state index is 0.0766. The Labute approximate surface area is 186 Å². The summed E-state index contributed by atoms with van der Waals surface area (Å²) in [6.45, 7) is 2.64. The molecule has 10 heteroatoms. The van der Waals surface area contributed by atoms with E-state index in [-0.39, 0.29) is 18.0 Å². The van der Waals surface area contributed by atoms with Gasteiger partial charge in [-0.1, -0.05) is 0 Å². The molecule has 0 bridgehead atoms. The molecule has 3 aromatic heterocycles. The molecule has 0 unspecified atom stereocenters. The smallest absolute Gasteiger partial charge is 0.243 e. The van der Waals surface area contributed by atoms with Crippen LogP contribution in [-0.2, 0) is 4.79 Å². The lowest BCUT2D eigenvalue weighted by Crippen LogP contribution is -2.51. The Balaban J connectivity index is 1.25. The van der Waals surface area contributed by atoms with Crippen LogP contribution in [-0.4, -0.2) is 61.5 Å². The third kappa shape index (κ3) is 3.79. The van der Waals surface area contributed by atoms with Crippen LogP contribution in [0.5, 0.6) is 0 Å². The SMILES string of the molecule is O=C(N[C@@H]1CCCNC1)[C@@H]1CCCN1c1nc(Nc2cn(C3CC3)cn2)n2cccc2n1. The van der Waals surface area contributed by atoms with Gasteiger partial charge in [0.2, 0.25) is 17.8 Å². The summed E-state index contributed by atoms with van der Waals surface area (Å²) in [5.41, 5.74) is 0.793. The molecular formula is C22H29N9O. The molecule has 2 saturated heterocycles. The average molecular weight is 436 g/mol. The van der Waals surface area contributed by atoms with E-state index in [0.717, 1.165) is 56.8 Å². The lowest BCUT2D eigenvalue weighted by Gasteiger charge is -2.28. The Bertz CT molecular complexity index is 1110. The summed E-state index contributed by atoms with van der Waals surface area (Å²) in [4.78, 5) is 29.2. The maximum Gasteiger partial charge on any atom is 0.243 e. The molecule has 3 fully saturated rings. The van der Waals surface area contributed by atoms with Crippen molar-refractivity contribution in [2.45, 2.75) is 56.7 Å². The minimum Gasteiger partial charge on any atom is -0.350 e. The zero-order valence-corrected chi connectivity index (χ0v) is 18.1. The van der Waals surface area contributed by atoms with Gasteiger partial charge in [0.05, 0.1) is 6.33 Å². The number of hydrogen-bond donors (Lipinski definition) is 3. The van der Waals surface area contributed by atoms with Crippen LogP contribution in [0.4, 0.5) is 17.7 Å². The van der Waals surface area contributed by atoms with Crippen molar-refractivity contribution < 1.29 is 4.79 Å². The van der Waals surface area contributed by atoms with Crippen molar-refractivity contribution in [2.75, 3.05) is 29.9 Å². The highest BCUT2D eigenvalue weighted by atomic mass is 16.2. The maximum atomic E-state index is 13.1. The van der Waals surface area contributed by atoms with E-state index in [4.69, 9.17) is 9.97 Å². The van der Waals surface area contributed by atoms with Gasteiger partial charge in [0, 0.05) is 37.6 Å². The predicted octanol–water partition coefficient (Wildman–Crippen LogP) is 1.84. The van der Waals surface area contributed by atoms with Crippen LogP contribution in [0, 0.1) is 0 Å². The van der Waals surface area contributed by atoms with Crippen molar-refractivity contribution in [1.29, 1.82) is 0 Å². The number of carbonyl (C=O) groups is 1. The number of nitrogens with zero attached hydrogens (tertiary/aromatic N) is 6. The summed E-state index contributed by atoms with van der Waals surface area (Å²) in [5, 5.41) is 9.95. The summed E-state index contributed by atoms with van der Waals surface area (Å²) in [6, 6.07) is 4.45. The van der Waals surface area contributed by atoms with Crippen LogP contribution >= 0.6 is 0 Å². The van der Waals surface area contributed by atoms with Gasteiger partial charge in [-0.25, -0.2) is 4.98 Å². The molecule has 0 spiro atoms. The first-order valence-corrected chi connectivity index (χ1v) is 11.7. The zero-order chi connectivity index (χ0) is 21.5. The van der Waals surface area contributed by atoms with Crippen molar-refractivity contribution in [3.05, 3.63) is 30.9 Å². The normalized spacial score (nSPS) is 23.6. The number of imidazole rings is 1. The Morgan fingerprint density at radius 3 is 2.94 bits per heavy atom. The maximum absolute atomic E-state index is 13.1. The van der Waals surface area contributed by atoms with Gasteiger partial charge in [-0.2, -0.15) is 9.97 Å². The molecule has 2 aliphatic heterocycles. The van der Waals surface area contributed by atoms with Gasteiger partial charge in [0.15, 0.2) is 5.82 Å². The fourth-order valence-electron chi connectivity index (χ4n) is 4.77. The van der Waals surface area contributed by atoms with E-state index in [1.165, 1.54) is 12.8 Å². The standard InChI is InChI=1S/C22H29N9O/c32-20(25-15-4-1-9-23-12-15)17-5-2-10-30(17)22-27-19-6-3-11-31(19)21(28-22)26-18-13-29(14-24-18)16-7-8-16/h3,6,11,13-17,23H,1-2,4-5,7-10,12H2,(H,25,32)(H,26,27,28)/t15-,17+/m1/s1. The Morgan fingerprint density at radius 2 is 2.09 bits per heavy atom. The number of rotatable bonds is 6. The molecule has 168 valence electrons. The molecule has 5 heterocycles. The molecule has 0 aromatic carbocycles.